The maximum absolute atomic E-state index is 13.0. The van der Waals surface area contributed by atoms with Gasteiger partial charge >= 0.3 is 0 Å². The van der Waals surface area contributed by atoms with Gasteiger partial charge in [-0.05, 0) is 32.0 Å². The summed E-state index contributed by atoms with van der Waals surface area (Å²) >= 11 is 0. The van der Waals surface area contributed by atoms with E-state index < -0.39 is 16.4 Å². The Kier molecular flexibility index (Phi) is 5.60. The quantitative estimate of drug-likeness (QED) is 0.288. The molecule has 5 aromatic rings. The number of fused-ring (bicyclic) bond motifs is 1. The van der Waals surface area contributed by atoms with Crippen molar-refractivity contribution in [2.45, 2.75) is 20.4 Å². The van der Waals surface area contributed by atoms with Crippen LogP contribution in [0.25, 0.3) is 22.4 Å². The number of carbonyl (C=O) groups excluding carboxylic acids is 1. The molecule has 2 aromatic carbocycles. The molecular weight excluding hydrogens is 464 g/mol. The number of nitrogens with zero attached hydrogens (tertiary/aromatic N) is 7. The smallest absolute Gasteiger partial charge is 0.294 e. The lowest BCUT2D eigenvalue weighted by molar-refractivity contribution is -0.384. The molecule has 36 heavy (non-hydrogen) atoms. The van der Waals surface area contributed by atoms with Crippen LogP contribution in [0.4, 0.5) is 11.4 Å². The van der Waals surface area contributed by atoms with Crippen molar-refractivity contribution < 1.29 is 9.72 Å². The highest BCUT2D eigenvalue weighted by molar-refractivity contribution is 5.92. The molecule has 0 atom stereocenters. The third kappa shape index (κ3) is 3.90. The van der Waals surface area contributed by atoms with E-state index in [0.717, 1.165) is 15.9 Å². The van der Waals surface area contributed by atoms with Crippen LogP contribution in [0.2, 0.25) is 0 Å². The predicted octanol–water partition coefficient (Wildman–Crippen LogP) is 2.93. The Labute approximate surface area is 203 Å². The Morgan fingerprint density at radius 3 is 2.53 bits per heavy atom. The fourth-order valence-corrected chi connectivity index (χ4v) is 4.01. The summed E-state index contributed by atoms with van der Waals surface area (Å²) in [5.74, 6) is -0.428. The molecule has 3 heterocycles. The van der Waals surface area contributed by atoms with E-state index in [1.165, 1.54) is 29.3 Å². The first-order valence-corrected chi connectivity index (χ1v) is 10.9. The molecule has 0 radical (unpaired) electrons. The minimum Gasteiger partial charge on any atom is -0.321 e. The molecule has 12 heteroatoms. The van der Waals surface area contributed by atoms with Crippen LogP contribution in [0.5, 0.6) is 0 Å². The van der Waals surface area contributed by atoms with Crippen LogP contribution in [-0.2, 0) is 11.3 Å². The molecule has 0 bridgehead atoms. The third-order valence-electron chi connectivity index (χ3n) is 5.73. The van der Waals surface area contributed by atoms with Crippen LogP contribution >= 0.6 is 0 Å². The van der Waals surface area contributed by atoms with Gasteiger partial charge in [-0.15, -0.1) is 0 Å². The first-order chi connectivity index (χ1) is 17.3. The summed E-state index contributed by atoms with van der Waals surface area (Å²) in [6.07, 6.45) is 2.51. The van der Waals surface area contributed by atoms with Gasteiger partial charge in [0.05, 0.1) is 33.9 Å². The zero-order chi connectivity index (χ0) is 25.4. The van der Waals surface area contributed by atoms with E-state index in [-0.39, 0.29) is 29.0 Å². The maximum Gasteiger partial charge on any atom is 0.294 e. The zero-order valence-corrected chi connectivity index (χ0v) is 19.3. The van der Waals surface area contributed by atoms with Crippen LogP contribution in [0.3, 0.4) is 0 Å². The van der Waals surface area contributed by atoms with Crippen LogP contribution in [-0.4, -0.2) is 39.9 Å². The second-order valence-electron chi connectivity index (χ2n) is 8.06. The number of hydrogen-bond donors (Lipinski definition) is 1. The molecule has 1 N–H and O–H groups in total. The molecular formula is C24H20N8O4. The SMILES string of the molecule is Cc1nn(-c2ccccc2)c(C)c1NC(=O)Cn1cnc2c(cnn2-c2ccccc2[N+](=O)[O-])c1=O. The van der Waals surface area contributed by atoms with Gasteiger partial charge in [-0.3, -0.25) is 24.3 Å². The fourth-order valence-electron chi connectivity index (χ4n) is 4.01. The highest BCUT2D eigenvalue weighted by atomic mass is 16.6. The van der Waals surface area contributed by atoms with Gasteiger partial charge in [-0.25, -0.2) is 14.3 Å². The summed E-state index contributed by atoms with van der Waals surface area (Å²) in [6, 6.07) is 15.6. The van der Waals surface area contributed by atoms with Gasteiger partial charge in [0.25, 0.3) is 11.2 Å². The van der Waals surface area contributed by atoms with E-state index in [0.29, 0.717) is 11.4 Å². The number of carbonyl (C=O) groups is 1. The van der Waals surface area contributed by atoms with Crippen molar-refractivity contribution in [2.75, 3.05) is 5.32 Å². The molecule has 0 fully saturated rings. The molecule has 0 saturated carbocycles. The molecule has 0 aliphatic heterocycles. The highest BCUT2D eigenvalue weighted by Gasteiger charge is 2.20. The molecule has 0 saturated heterocycles. The number of aromatic nitrogens is 6. The monoisotopic (exact) mass is 484 g/mol. The van der Waals surface area contributed by atoms with Crippen molar-refractivity contribution in [1.29, 1.82) is 0 Å². The molecule has 1 amide bonds. The number of aryl methyl sites for hydroxylation is 1. The number of benzene rings is 2. The minimum atomic E-state index is -0.529. The molecule has 0 unspecified atom stereocenters. The van der Waals surface area contributed by atoms with Crippen LogP contribution < -0.4 is 10.9 Å². The predicted molar refractivity (Wildman–Crippen MR) is 131 cm³/mol. The standard InChI is InChI=1S/C24H20N8O4/c1-15-22(16(2)30(28-15)17-8-4-3-5-9-17)27-21(33)13-29-14-25-23-18(24(29)34)12-26-31(23)19-10-6-7-11-20(19)32(35)36/h3-12,14H,13H2,1-2H3,(H,27,33). The van der Waals surface area contributed by atoms with Crippen molar-refractivity contribution in [1.82, 2.24) is 29.1 Å². The topological polar surface area (TPSA) is 143 Å². The summed E-state index contributed by atoms with van der Waals surface area (Å²) in [4.78, 5) is 41.0. The average Bonchev–Trinajstić information content (AvgIpc) is 3.43. The molecule has 0 spiro atoms. The number of nitro benzene ring substituents is 1. The zero-order valence-electron chi connectivity index (χ0n) is 19.3. The summed E-state index contributed by atoms with van der Waals surface area (Å²) in [5, 5.41) is 23.0. The van der Waals surface area contributed by atoms with Crippen LogP contribution in [0.15, 0.2) is 71.9 Å². The first kappa shape index (κ1) is 22.7. The van der Waals surface area contributed by atoms with Gasteiger partial charge in [0.15, 0.2) is 5.65 Å². The summed E-state index contributed by atoms with van der Waals surface area (Å²) in [5.41, 5.74) is 2.48. The van der Waals surface area contributed by atoms with Gasteiger partial charge < -0.3 is 5.32 Å². The molecule has 5 rings (SSSR count). The number of rotatable bonds is 6. The van der Waals surface area contributed by atoms with E-state index >= 15 is 0 Å². The second kappa shape index (κ2) is 8.91. The van der Waals surface area contributed by atoms with Gasteiger partial charge in [-0.2, -0.15) is 10.2 Å². The lowest BCUT2D eigenvalue weighted by atomic mass is 10.2. The highest BCUT2D eigenvalue weighted by Crippen LogP contribution is 2.24. The molecule has 12 nitrogen and oxygen atoms in total. The summed E-state index contributed by atoms with van der Waals surface area (Å²) in [6.45, 7) is 3.35. The van der Waals surface area contributed by atoms with Gasteiger partial charge in [0.1, 0.15) is 23.9 Å². The molecule has 180 valence electrons. The number of amides is 1. The number of anilines is 1. The number of nitro groups is 1. The lowest BCUT2D eigenvalue weighted by Crippen LogP contribution is -2.28. The van der Waals surface area contributed by atoms with Gasteiger partial charge in [0, 0.05) is 6.07 Å². The molecule has 3 aromatic heterocycles. The van der Waals surface area contributed by atoms with Crippen LogP contribution in [0, 0.1) is 24.0 Å². The number of nitrogens with one attached hydrogen (secondary N) is 1. The van der Waals surface area contributed by atoms with Gasteiger partial charge in [0.2, 0.25) is 5.91 Å². The Morgan fingerprint density at radius 1 is 1.06 bits per heavy atom. The van der Waals surface area contributed by atoms with Crippen LogP contribution in [0.1, 0.15) is 11.4 Å². The van der Waals surface area contributed by atoms with Crippen molar-refractivity contribution >= 4 is 28.3 Å². The van der Waals surface area contributed by atoms with Crippen molar-refractivity contribution in [3.8, 4) is 11.4 Å². The largest absolute Gasteiger partial charge is 0.321 e. The van der Waals surface area contributed by atoms with E-state index in [4.69, 9.17) is 0 Å². The first-order valence-electron chi connectivity index (χ1n) is 10.9. The van der Waals surface area contributed by atoms with E-state index in [1.807, 2.05) is 37.3 Å². The van der Waals surface area contributed by atoms with E-state index in [2.05, 4.69) is 20.5 Å². The van der Waals surface area contributed by atoms with Crippen molar-refractivity contribution in [2.24, 2.45) is 0 Å². The Balaban J connectivity index is 1.42. The molecule has 0 aliphatic carbocycles. The fraction of sp³-hybridized carbons (Fsp3) is 0.125. The minimum absolute atomic E-state index is 0.132. The Bertz CT molecular complexity index is 1680. The van der Waals surface area contributed by atoms with E-state index in [9.17, 15) is 19.7 Å². The van der Waals surface area contributed by atoms with E-state index in [1.54, 1.807) is 23.7 Å². The summed E-state index contributed by atoms with van der Waals surface area (Å²) in [7, 11) is 0. The molecule has 0 aliphatic rings. The summed E-state index contributed by atoms with van der Waals surface area (Å²) < 4.78 is 4.14. The van der Waals surface area contributed by atoms with Crippen molar-refractivity contribution in [3.05, 3.63) is 99.0 Å². The normalized spacial score (nSPS) is 11.1. The average molecular weight is 484 g/mol. The number of para-hydroxylation sites is 3. The number of hydrogen-bond acceptors (Lipinski definition) is 7. The third-order valence-corrected chi connectivity index (χ3v) is 5.73. The Hall–Kier alpha value is -5.13. The maximum atomic E-state index is 13.0. The lowest BCUT2D eigenvalue weighted by Gasteiger charge is -2.09. The Morgan fingerprint density at radius 2 is 1.78 bits per heavy atom. The second-order valence-corrected chi connectivity index (χ2v) is 8.06. The van der Waals surface area contributed by atoms with Gasteiger partial charge in [-0.1, -0.05) is 30.3 Å². The van der Waals surface area contributed by atoms with Crippen molar-refractivity contribution in [3.63, 3.8) is 0 Å².